The van der Waals surface area contributed by atoms with Crippen LogP contribution in [0.2, 0.25) is 0 Å². The van der Waals surface area contributed by atoms with Crippen molar-refractivity contribution in [2.24, 2.45) is 11.8 Å². The molecule has 1 amide bonds. The van der Waals surface area contributed by atoms with Crippen molar-refractivity contribution >= 4 is 17.8 Å². The number of ether oxygens (including phenoxy) is 1. The van der Waals surface area contributed by atoms with Gasteiger partial charge in [-0.25, -0.2) is 0 Å². The van der Waals surface area contributed by atoms with Crippen LogP contribution in [0, 0.1) is 11.8 Å². The fraction of sp³-hybridized carbons (Fsp3) is 0.421. The summed E-state index contributed by atoms with van der Waals surface area (Å²) in [5, 5.41) is 18.6. The van der Waals surface area contributed by atoms with Crippen LogP contribution in [0.25, 0.3) is 0 Å². The van der Waals surface area contributed by atoms with Gasteiger partial charge in [0.2, 0.25) is 5.91 Å². The molecule has 3 aliphatic heterocycles. The maximum absolute atomic E-state index is 13.1. The van der Waals surface area contributed by atoms with Crippen molar-refractivity contribution in [3.8, 4) is 0 Å². The normalized spacial score (nSPS) is 32.7. The van der Waals surface area contributed by atoms with E-state index in [1.165, 1.54) is 0 Å². The minimum absolute atomic E-state index is 0.0807. The molecule has 1 aromatic rings. The Balaban J connectivity index is 1.68. The lowest BCUT2D eigenvalue weighted by molar-refractivity contribution is -0.148. The lowest BCUT2D eigenvalue weighted by Gasteiger charge is -2.30. The van der Waals surface area contributed by atoms with Crippen molar-refractivity contribution in [2.75, 3.05) is 6.54 Å². The Hall–Kier alpha value is -2.67. The smallest absolute Gasteiger partial charge is 0.310 e. The fourth-order valence-corrected chi connectivity index (χ4v) is 4.51. The number of carbonyl (C=O) groups is 3. The van der Waals surface area contributed by atoms with Crippen molar-refractivity contribution in [2.45, 2.75) is 30.6 Å². The van der Waals surface area contributed by atoms with Crippen molar-refractivity contribution < 1.29 is 29.3 Å². The van der Waals surface area contributed by atoms with E-state index in [4.69, 9.17) is 9.84 Å². The molecule has 0 aliphatic carbocycles. The average molecular weight is 357 g/mol. The number of carboxylic acid groups (broad SMARTS) is 2. The van der Waals surface area contributed by atoms with Crippen LogP contribution in [0.15, 0.2) is 42.5 Å². The number of likely N-dealkylation sites (tertiary alicyclic amines) is 1. The van der Waals surface area contributed by atoms with Crippen LogP contribution in [-0.4, -0.2) is 51.2 Å². The second-order valence-corrected chi connectivity index (χ2v) is 7.06. The van der Waals surface area contributed by atoms with Crippen LogP contribution < -0.4 is 0 Å². The van der Waals surface area contributed by atoms with E-state index in [1.807, 2.05) is 30.3 Å². The zero-order valence-electron chi connectivity index (χ0n) is 13.9. The summed E-state index contributed by atoms with van der Waals surface area (Å²) in [5.41, 5.74) is -0.0787. The minimum atomic E-state index is -1.04. The summed E-state index contributed by atoms with van der Waals surface area (Å²) in [4.78, 5) is 37.5. The van der Waals surface area contributed by atoms with Crippen LogP contribution >= 0.6 is 0 Å². The van der Waals surface area contributed by atoms with Crippen LogP contribution in [0.5, 0.6) is 0 Å². The molecule has 2 bridgehead atoms. The molecule has 26 heavy (non-hydrogen) atoms. The number of fused-ring (bicyclic) bond motifs is 1. The predicted molar refractivity (Wildman–Crippen MR) is 89.1 cm³/mol. The molecule has 1 spiro atoms. The molecule has 0 saturated carbocycles. The second kappa shape index (κ2) is 5.95. The van der Waals surface area contributed by atoms with Crippen LogP contribution in [0.1, 0.15) is 24.4 Å². The number of rotatable bonds is 6. The maximum atomic E-state index is 13.1. The summed E-state index contributed by atoms with van der Waals surface area (Å²) in [5.74, 6) is -3.90. The monoisotopic (exact) mass is 357 g/mol. The third kappa shape index (κ3) is 2.42. The highest BCUT2D eigenvalue weighted by molar-refractivity contribution is 5.91. The van der Waals surface area contributed by atoms with Gasteiger partial charge in [-0.05, 0) is 12.0 Å². The summed E-state index contributed by atoms with van der Waals surface area (Å²) in [6, 6.07) is 8.81. The summed E-state index contributed by atoms with van der Waals surface area (Å²) >= 11 is 0. The topological polar surface area (TPSA) is 104 Å². The van der Waals surface area contributed by atoms with Crippen molar-refractivity contribution in [1.29, 1.82) is 0 Å². The third-order valence-corrected chi connectivity index (χ3v) is 5.61. The first-order chi connectivity index (χ1) is 12.4. The van der Waals surface area contributed by atoms with E-state index < -0.39 is 41.5 Å². The number of amides is 1. The number of carboxylic acids is 2. The van der Waals surface area contributed by atoms with Crippen LogP contribution in [-0.2, 0) is 19.1 Å². The average Bonchev–Trinajstić information content (AvgIpc) is 3.24. The van der Waals surface area contributed by atoms with Gasteiger partial charge in [0.15, 0.2) is 0 Å². The molecule has 7 heteroatoms. The molecule has 2 N–H and O–H groups in total. The molecule has 4 rings (SSSR count). The summed E-state index contributed by atoms with van der Waals surface area (Å²) in [7, 11) is 0. The molecule has 136 valence electrons. The van der Waals surface area contributed by atoms with Gasteiger partial charge < -0.3 is 19.8 Å². The molecule has 3 aliphatic rings. The van der Waals surface area contributed by atoms with Gasteiger partial charge in [0.1, 0.15) is 11.5 Å². The largest absolute Gasteiger partial charge is 0.481 e. The Labute approximate surface area is 149 Å². The molecule has 0 radical (unpaired) electrons. The van der Waals surface area contributed by atoms with E-state index in [0.29, 0.717) is 0 Å². The summed E-state index contributed by atoms with van der Waals surface area (Å²) in [6.07, 6.45) is 3.14. The van der Waals surface area contributed by atoms with Gasteiger partial charge in [-0.2, -0.15) is 0 Å². The lowest BCUT2D eigenvalue weighted by atomic mass is 9.77. The van der Waals surface area contributed by atoms with Gasteiger partial charge >= 0.3 is 11.9 Å². The summed E-state index contributed by atoms with van der Waals surface area (Å²) in [6.45, 7) is 0.243. The SMILES string of the molecule is O=C(O)CCC(c1ccccc1)N1CC23C=CC(O2)C(C(=O)O)C3C1=O. The summed E-state index contributed by atoms with van der Waals surface area (Å²) < 4.78 is 5.90. The van der Waals surface area contributed by atoms with E-state index in [1.54, 1.807) is 17.1 Å². The highest BCUT2D eigenvalue weighted by Gasteiger charge is 2.67. The molecule has 2 fully saturated rings. The molecule has 1 aromatic carbocycles. The molecule has 0 aromatic heterocycles. The Morgan fingerprint density at radius 2 is 2.00 bits per heavy atom. The number of aliphatic carboxylic acids is 2. The first-order valence-corrected chi connectivity index (χ1v) is 8.60. The van der Waals surface area contributed by atoms with E-state index in [9.17, 15) is 19.5 Å². The number of benzene rings is 1. The highest BCUT2D eigenvalue weighted by Crippen LogP contribution is 2.53. The zero-order chi connectivity index (χ0) is 18.5. The number of hydrogen-bond acceptors (Lipinski definition) is 4. The van der Waals surface area contributed by atoms with Crippen molar-refractivity contribution in [3.63, 3.8) is 0 Å². The Kier molecular flexibility index (Phi) is 3.84. The van der Waals surface area contributed by atoms with Crippen molar-refractivity contribution in [1.82, 2.24) is 4.90 Å². The van der Waals surface area contributed by atoms with Gasteiger partial charge in [0.25, 0.3) is 0 Å². The van der Waals surface area contributed by atoms with E-state index in [2.05, 4.69) is 0 Å². The number of nitrogens with zero attached hydrogens (tertiary/aromatic N) is 1. The molecule has 3 heterocycles. The quantitative estimate of drug-likeness (QED) is 0.747. The Bertz CT molecular complexity index is 790. The van der Waals surface area contributed by atoms with Gasteiger partial charge in [0, 0.05) is 6.42 Å². The predicted octanol–water partition coefficient (Wildman–Crippen LogP) is 1.46. The molecular formula is C19H19NO6. The van der Waals surface area contributed by atoms with Gasteiger partial charge in [-0.1, -0.05) is 42.5 Å². The van der Waals surface area contributed by atoms with Gasteiger partial charge in [-0.3, -0.25) is 14.4 Å². The number of hydrogen-bond donors (Lipinski definition) is 2. The van der Waals surface area contributed by atoms with Crippen LogP contribution in [0.4, 0.5) is 0 Å². The minimum Gasteiger partial charge on any atom is -0.481 e. The molecule has 5 atom stereocenters. The van der Waals surface area contributed by atoms with Gasteiger partial charge in [0.05, 0.1) is 24.6 Å². The Morgan fingerprint density at radius 1 is 1.27 bits per heavy atom. The molecule has 5 unspecified atom stereocenters. The molecular weight excluding hydrogens is 338 g/mol. The highest BCUT2D eigenvalue weighted by atomic mass is 16.5. The zero-order valence-corrected chi connectivity index (χ0v) is 13.9. The van der Waals surface area contributed by atoms with Crippen LogP contribution in [0.3, 0.4) is 0 Å². The first-order valence-electron chi connectivity index (χ1n) is 8.60. The maximum Gasteiger partial charge on any atom is 0.310 e. The van der Waals surface area contributed by atoms with E-state index >= 15 is 0 Å². The lowest BCUT2D eigenvalue weighted by Crippen LogP contribution is -2.39. The fourth-order valence-electron chi connectivity index (χ4n) is 4.51. The van der Waals surface area contributed by atoms with E-state index in [0.717, 1.165) is 5.56 Å². The Morgan fingerprint density at radius 3 is 2.65 bits per heavy atom. The number of carbonyl (C=O) groups excluding carboxylic acids is 1. The standard InChI is InChI=1S/C19H19NO6/c21-14(22)7-6-12(11-4-2-1-3-5-11)20-10-19-9-8-13(26-19)15(18(24)25)16(19)17(20)23/h1-5,8-9,12-13,15-16H,6-7,10H2,(H,21,22)(H,24,25). The second-order valence-electron chi connectivity index (χ2n) is 7.06. The third-order valence-electron chi connectivity index (χ3n) is 5.61. The molecule has 7 nitrogen and oxygen atoms in total. The molecule has 2 saturated heterocycles. The van der Waals surface area contributed by atoms with Crippen molar-refractivity contribution in [3.05, 3.63) is 48.0 Å². The first kappa shape index (κ1) is 16.8. The van der Waals surface area contributed by atoms with Gasteiger partial charge in [-0.15, -0.1) is 0 Å². The van der Waals surface area contributed by atoms with E-state index in [-0.39, 0.29) is 25.3 Å².